The quantitative estimate of drug-likeness (QED) is 0.851. The first-order valence-corrected chi connectivity index (χ1v) is 8.11. The lowest BCUT2D eigenvalue weighted by molar-refractivity contribution is -0.125. The lowest BCUT2D eigenvalue weighted by atomic mass is 10.1. The second-order valence-electron chi connectivity index (χ2n) is 6.65. The van der Waals surface area contributed by atoms with Crippen LogP contribution < -0.4 is 9.80 Å². The summed E-state index contributed by atoms with van der Waals surface area (Å²) in [5, 5.41) is 0. The van der Waals surface area contributed by atoms with Gasteiger partial charge in [0.25, 0.3) is 0 Å². The Kier molecular flexibility index (Phi) is 4.14. The van der Waals surface area contributed by atoms with E-state index in [1.54, 1.807) is 9.80 Å². The Morgan fingerprint density at radius 3 is 1.17 bits per heavy atom. The zero-order chi connectivity index (χ0) is 17.4. The van der Waals surface area contributed by atoms with Crippen molar-refractivity contribution in [2.24, 2.45) is 0 Å². The fraction of sp³-hybridized carbons (Fsp3) is 0.300. The fourth-order valence-corrected chi connectivity index (χ4v) is 3.30. The molecule has 0 aromatic heterocycles. The molecule has 2 aromatic carbocycles. The van der Waals surface area contributed by atoms with Gasteiger partial charge in [-0.05, 0) is 74.2 Å². The molecule has 0 spiro atoms. The molecule has 0 aliphatic carbocycles. The molecule has 0 saturated carbocycles. The number of carbonyl (C=O) groups excluding carboxylic acids is 2. The Bertz CT molecular complexity index is 716. The van der Waals surface area contributed by atoms with Crippen LogP contribution in [0.2, 0.25) is 0 Å². The summed E-state index contributed by atoms with van der Waals surface area (Å²) in [6.07, 6.45) is 0. The summed E-state index contributed by atoms with van der Waals surface area (Å²) in [4.78, 5) is 28.5. The van der Waals surface area contributed by atoms with Gasteiger partial charge in [-0.1, -0.05) is 12.1 Å². The summed E-state index contributed by atoms with van der Waals surface area (Å²) < 4.78 is 0. The van der Waals surface area contributed by atoms with Crippen LogP contribution in [0, 0.1) is 27.7 Å². The number of aryl methyl sites for hydroxylation is 4. The van der Waals surface area contributed by atoms with Gasteiger partial charge in [0.2, 0.25) is 11.8 Å². The highest BCUT2D eigenvalue weighted by Crippen LogP contribution is 2.25. The largest absolute Gasteiger partial charge is 0.301 e. The number of hydrogen-bond donors (Lipinski definition) is 0. The maximum atomic E-state index is 12.6. The van der Waals surface area contributed by atoms with Gasteiger partial charge in [0.15, 0.2) is 0 Å². The normalized spacial score (nSPS) is 15.2. The van der Waals surface area contributed by atoms with Gasteiger partial charge in [0.1, 0.15) is 13.1 Å². The molecular weight excluding hydrogens is 300 g/mol. The molecule has 4 heteroatoms. The van der Waals surface area contributed by atoms with Gasteiger partial charge in [-0.25, -0.2) is 0 Å². The summed E-state index contributed by atoms with van der Waals surface area (Å²) >= 11 is 0. The summed E-state index contributed by atoms with van der Waals surface area (Å²) in [7, 11) is 0. The molecule has 1 heterocycles. The van der Waals surface area contributed by atoms with Crippen molar-refractivity contribution in [1.82, 2.24) is 0 Å². The third-order valence-electron chi connectivity index (χ3n) is 4.23. The smallest absolute Gasteiger partial charge is 0.247 e. The summed E-state index contributed by atoms with van der Waals surface area (Å²) in [6.45, 7) is 8.13. The van der Waals surface area contributed by atoms with Gasteiger partial charge in [0, 0.05) is 11.4 Å². The van der Waals surface area contributed by atoms with E-state index in [2.05, 4.69) is 12.1 Å². The Morgan fingerprint density at radius 2 is 0.875 bits per heavy atom. The molecule has 0 bridgehead atoms. The molecule has 0 radical (unpaired) electrons. The van der Waals surface area contributed by atoms with Crippen LogP contribution in [0.15, 0.2) is 36.4 Å². The van der Waals surface area contributed by atoms with E-state index >= 15 is 0 Å². The lowest BCUT2D eigenvalue weighted by Crippen LogP contribution is -2.54. The third-order valence-corrected chi connectivity index (χ3v) is 4.23. The minimum atomic E-state index is -0.0567. The summed E-state index contributed by atoms with van der Waals surface area (Å²) in [5.74, 6) is -0.113. The van der Waals surface area contributed by atoms with Crippen LogP contribution in [0.4, 0.5) is 11.4 Å². The fourth-order valence-electron chi connectivity index (χ4n) is 3.30. The van der Waals surface area contributed by atoms with E-state index in [0.717, 1.165) is 33.6 Å². The molecule has 1 saturated heterocycles. The van der Waals surface area contributed by atoms with Crippen LogP contribution >= 0.6 is 0 Å². The molecular formula is C20H22N2O2. The summed E-state index contributed by atoms with van der Waals surface area (Å²) in [6, 6.07) is 11.9. The second kappa shape index (κ2) is 6.11. The molecule has 4 nitrogen and oxygen atoms in total. The number of anilines is 2. The molecule has 24 heavy (non-hydrogen) atoms. The molecule has 1 fully saturated rings. The van der Waals surface area contributed by atoms with E-state index in [4.69, 9.17) is 0 Å². The van der Waals surface area contributed by atoms with Gasteiger partial charge in [-0.3, -0.25) is 9.59 Å². The van der Waals surface area contributed by atoms with Crippen LogP contribution in [0.1, 0.15) is 22.3 Å². The second-order valence-corrected chi connectivity index (χ2v) is 6.65. The minimum Gasteiger partial charge on any atom is -0.301 e. The Balaban J connectivity index is 1.89. The van der Waals surface area contributed by atoms with Crippen LogP contribution in [-0.4, -0.2) is 24.9 Å². The van der Waals surface area contributed by atoms with E-state index in [-0.39, 0.29) is 24.9 Å². The van der Waals surface area contributed by atoms with Gasteiger partial charge in [0.05, 0.1) is 0 Å². The number of amides is 2. The van der Waals surface area contributed by atoms with E-state index in [0.29, 0.717) is 0 Å². The van der Waals surface area contributed by atoms with Crippen LogP contribution in [0.3, 0.4) is 0 Å². The predicted molar refractivity (Wildman–Crippen MR) is 96.5 cm³/mol. The first-order chi connectivity index (χ1) is 11.3. The van der Waals surface area contributed by atoms with Crippen molar-refractivity contribution in [3.05, 3.63) is 58.7 Å². The Labute approximate surface area is 142 Å². The number of benzene rings is 2. The van der Waals surface area contributed by atoms with Gasteiger partial charge in [-0.2, -0.15) is 0 Å². The monoisotopic (exact) mass is 322 g/mol. The molecule has 2 aromatic rings. The first-order valence-electron chi connectivity index (χ1n) is 8.11. The Morgan fingerprint density at radius 1 is 0.583 bits per heavy atom. The van der Waals surface area contributed by atoms with Crippen molar-refractivity contribution >= 4 is 23.2 Å². The average molecular weight is 322 g/mol. The molecule has 2 amide bonds. The van der Waals surface area contributed by atoms with E-state index in [1.165, 1.54) is 0 Å². The van der Waals surface area contributed by atoms with Gasteiger partial charge >= 0.3 is 0 Å². The molecule has 0 atom stereocenters. The van der Waals surface area contributed by atoms with Crippen LogP contribution in [0.25, 0.3) is 0 Å². The van der Waals surface area contributed by atoms with Crippen molar-refractivity contribution in [2.45, 2.75) is 27.7 Å². The van der Waals surface area contributed by atoms with Crippen molar-refractivity contribution in [3.63, 3.8) is 0 Å². The minimum absolute atomic E-state index is 0.0567. The molecule has 1 aliphatic heterocycles. The lowest BCUT2D eigenvalue weighted by Gasteiger charge is -2.34. The maximum Gasteiger partial charge on any atom is 0.247 e. The number of hydrogen-bond acceptors (Lipinski definition) is 2. The maximum absolute atomic E-state index is 12.6. The summed E-state index contributed by atoms with van der Waals surface area (Å²) in [5.41, 5.74) is 5.93. The van der Waals surface area contributed by atoms with Gasteiger partial charge < -0.3 is 9.80 Å². The van der Waals surface area contributed by atoms with E-state index in [1.807, 2.05) is 52.0 Å². The zero-order valence-electron chi connectivity index (χ0n) is 14.6. The molecule has 3 rings (SSSR count). The van der Waals surface area contributed by atoms with Crippen molar-refractivity contribution < 1.29 is 9.59 Å². The van der Waals surface area contributed by atoms with Crippen LogP contribution in [-0.2, 0) is 9.59 Å². The molecule has 1 aliphatic rings. The third kappa shape index (κ3) is 3.18. The predicted octanol–water partition coefficient (Wildman–Crippen LogP) is 3.30. The Hall–Kier alpha value is -2.62. The van der Waals surface area contributed by atoms with E-state index in [9.17, 15) is 9.59 Å². The van der Waals surface area contributed by atoms with E-state index < -0.39 is 0 Å². The molecule has 124 valence electrons. The molecule has 0 N–H and O–H groups in total. The number of carbonyl (C=O) groups is 2. The highest BCUT2D eigenvalue weighted by atomic mass is 16.2. The first kappa shape index (κ1) is 16.2. The highest BCUT2D eigenvalue weighted by Gasteiger charge is 2.32. The van der Waals surface area contributed by atoms with Gasteiger partial charge in [-0.15, -0.1) is 0 Å². The number of rotatable bonds is 2. The zero-order valence-corrected chi connectivity index (χ0v) is 14.6. The van der Waals surface area contributed by atoms with Crippen LogP contribution in [0.5, 0.6) is 0 Å². The number of piperazine rings is 1. The van der Waals surface area contributed by atoms with Crippen molar-refractivity contribution in [1.29, 1.82) is 0 Å². The van der Waals surface area contributed by atoms with Crippen molar-refractivity contribution in [2.75, 3.05) is 22.9 Å². The number of nitrogens with zero attached hydrogens (tertiary/aromatic N) is 2. The standard InChI is InChI=1S/C20H22N2O2/c1-13-5-14(2)8-17(7-13)21-11-20(24)22(12-19(21)23)18-9-15(3)6-16(4)10-18/h5-10H,11-12H2,1-4H3. The molecule has 0 unspecified atom stereocenters. The topological polar surface area (TPSA) is 40.6 Å². The SMILES string of the molecule is Cc1cc(C)cc(N2CC(=O)N(c3cc(C)cc(C)c3)CC2=O)c1. The average Bonchev–Trinajstić information content (AvgIpc) is 2.47. The highest BCUT2D eigenvalue weighted by molar-refractivity contribution is 6.12. The van der Waals surface area contributed by atoms with Crippen molar-refractivity contribution in [3.8, 4) is 0 Å².